The Kier molecular flexibility index (Phi) is 11.5. The molecule has 0 heterocycles. The van der Waals surface area contributed by atoms with Gasteiger partial charge in [-0.2, -0.15) is 0 Å². The molecule has 0 aliphatic carbocycles. The van der Waals surface area contributed by atoms with Crippen LogP contribution in [-0.2, 0) is 0 Å². The van der Waals surface area contributed by atoms with Crippen molar-refractivity contribution in [3.8, 4) is 5.75 Å². The Bertz CT molecular complexity index is 330. The van der Waals surface area contributed by atoms with Crippen molar-refractivity contribution in [2.45, 2.75) is 51.5 Å². The van der Waals surface area contributed by atoms with Crippen LogP contribution in [0, 0.1) is 0 Å². The van der Waals surface area contributed by atoms with Gasteiger partial charge in [-0.05, 0) is 30.5 Å². The van der Waals surface area contributed by atoms with E-state index in [2.05, 4.69) is 6.92 Å². The number of ether oxygens (including phenoxy) is 1. The molecule has 3 nitrogen and oxygen atoms in total. The van der Waals surface area contributed by atoms with Crippen molar-refractivity contribution >= 4 is 12.4 Å². The van der Waals surface area contributed by atoms with Crippen molar-refractivity contribution in [2.75, 3.05) is 13.2 Å². The second-order valence-electron chi connectivity index (χ2n) is 4.95. The predicted octanol–water partition coefficient (Wildman–Crippen LogP) is 3.84. The second kappa shape index (κ2) is 12.0. The smallest absolute Gasteiger partial charge is 0.119 e. The maximum Gasteiger partial charge on any atom is 0.119 e. The Morgan fingerprint density at radius 2 is 1.75 bits per heavy atom. The Balaban J connectivity index is 0.00000361. The van der Waals surface area contributed by atoms with Crippen LogP contribution >= 0.6 is 12.4 Å². The van der Waals surface area contributed by atoms with E-state index >= 15 is 0 Å². The highest BCUT2D eigenvalue weighted by molar-refractivity contribution is 5.85. The average molecular weight is 302 g/mol. The summed E-state index contributed by atoms with van der Waals surface area (Å²) in [5.41, 5.74) is 6.97. The molecular weight excluding hydrogens is 274 g/mol. The van der Waals surface area contributed by atoms with E-state index in [4.69, 9.17) is 15.6 Å². The lowest BCUT2D eigenvalue weighted by Gasteiger charge is -2.11. The van der Waals surface area contributed by atoms with Gasteiger partial charge < -0.3 is 15.6 Å². The molecule has 0 spiro atoms. The highest BCUT2D eigenvalue weighted by Gasteiger charge is 2.04. The van der Waals surface area contributed by atoms with Crippen molar-refractivity contribution < 1.29 is 9.84 Å². The molecule has 1 rings (SSSR count). The molecule has 0 saturated carbocycles. The molecule has 3 N–H and O–H groups in total. The average Bonchev–Trinajstić information content (AvgIpc) is 2.43. The summed E-state index contributed by atoms with van der Waals surface area (Å²) in [7, 11) is 0. The zero-order valence-corrected chi connectivity index (χ0v) is 13.2. The van der Waals surface area contributed by atoms with Gasteiger partial charge in [0, 0.05) is 12.6 Å². The van der Waals surface area contributed by atoms with Crippen LogP contribution in [-0.4, -0.2) is 18.3 Å². The number of rotatable bonds is 10. The first-order valence-electron chi connectivity index (χ1n) is 7.37. The van der Waals surface area contributed by atoms with Gasteiger partial charge in [0.05, 0.1) is 6.61 Å². The van der Waals surface area contributed by atoms with Crippen LogP contribution in [0.5, 0.6) is 5.75 Å². The molecule has 0 saturated heterocycles. The van der Waals surface area contributed by atoms with E-state index in [1.54, 1.807) is 0 Å². The maximum atomic E-state index is 8.85. The first kappa shape index (κ1) is 19.2. The van der Waals surface area contributed by atoms with Crippen LogP contribution < -0.4 is 10.5 Å². The fourth-order valence-corrected chi connectivity index (χ4v) is 2.01. The van der Waals surface area contributed by atoms with Gasteiger partial charge in [-0.3, -0.25) is 0 Å². The largest absolute Gasteiger partial charge is 0.494 e. The highest BCUT2D eigenvalue weighted by Crippen LogP contribution is 2.18. The fraction of sp³-hybridized carbons (Fsp3) is 0.625. The van der Waals surface area contributed by atoms with Gasteiger partial charge in [0.25, 0.3) is 0 Å². The molecule has 116 valence electrons. The molecule has 0 aliphatic rings. The first-order valence-corrected chi connectivity index (χ1v) is 7.37. The third-order valence-electron chi connectivity index (χ3n) is 3.26. The minimum absolute atomic E-state index is 0. The van der Waals surface area contributed by atoms with E-state index in [-0.39, 0.29) is 25.1 Å². The summed E-state index contributed by atoms with van der Waals surface area (Å²) in [6.45, 7) is 3.13. The van der Waals surface area contributed by atoms with Crippen LogP contribution in [0.25, 0.3) is 0 Å². The van der Waals surface area contributed by atoms with Crippen molar-refractivity contribution in [3.05, 3.63) is 29.8 Å². The maximum absolute atomic E-state index is 8.85. The number of hydrogen-bond donors (Lipinski definition) is 2. The third kappa shape index (κ3) is 7.73. The normalized spacial score (nSPS) is 11.8. The number of aliphatic hydroxyl groups excluding tert-OH is 1. The fourth-order valence-electron chi connectivity index (χ4n) is 2.01. The summed E-state index contributed by atoms with van der Waals surface area (Å²) < 4.78 is 5.69. The van der Waals surface area contributed by atoms with Gasteiger partial charge in [0.2, 0.25) is 0 Å². The predicted molar refractivity (Wildman–Crippen MR) is 86.6 cm³/mol. The lowest BCUT2D eigenvalue weighted by Crippen LogP contribution is -2.11. The van der Waals surface area contributed by atoms with E-state index < -0.39 is 0 Å². The van der Waals surface area contributed by atoms with Gasteiger partial charge in [0.15, 0.2) is 0 Å². The van der Waals surface area contributed by atoms with Crippen molar-refractivity contribution in [1.29, 1.82) is 0 Å². The number of unbranched alkanes of at least 4 members (excludes halogenated alkanes) is 4. The molecule has 0 amide bonds. The van der Waals surface area contributed by atoms with Gasteiger partial charge in [-0.25, -0.2) is 0 Å². The van der Waals surface area contributed by atoms with Crippen molar-refractivity contribution in [2.24, 2.45) is 5.73 Å². The van der Waals surface area contributed by atoms with Crippen molar-refractivity contribution in [1.82, 2.24) is 0 Å². The number of hydrogen-bond acceptors (Lipinski definition) is 3. The number of benzene rings is 1. The number of nitrogens with two attached hydrogens (primary N) is 1. The van der Waals surface area contributed by atoms with Gasteiger partial charge in [-0.1, -0.05) is 44.7 Å². The topological polar surface area (TPSA) is 55.5 Å². The molecule has 1 atom stereocenters. The summed E-state index contributed by atoms with van der Waals surface area (Å²) >= 11 is 0. The van der Waals surface area contributed by atoms with E-state index in [1.807, 2.05) is 24.3 Å². The van der Waals surface area contributed by atoms with Crippen LogP contribution in [0.15, 0.2) is 24.3 Å². The standard InChI is InChI=1S/C16H27NO2.ClH/c1-2-3-4-5-6-13-19-15-9-7-14(8-10-15)16(17)11-12-18;/h7-10,16,18H,2-6,11-13,17H2,1H3;1H. The van der Waals surface area contributed by atoms with Gasteiger partial charge in [-0.15, -0.1) is 12.4 Å². The van der Waals surface area contributed by atoms with Crippen molar-refractivity contribution in [3.63, 3.8) is 0 Å². The SMILES string of the molecule is CCCCCCCOc1ccc(C(N)CCO)cc1.Cl. The first-order chi connectivity index (χ1) is 9.27. The summed E-state index contributed by atoms with van der Waals surface area (Å²) in [5, 5.41) is 8.85. The summed E-state index contributed by atoms with van der Waals surface area (Å²) in [6, 6.07) is 7.78. The molecule has 1 unspecified atom stereocenters. The minimum atomic E-state index is -0.0897. The van der Waals surface area contributed by atoms with Crippen LogP contribution in [0.3, 0.4) is 0 Å². The van der Waals surface area contributed by atoms with Gasteiger partial charge in [0.1, 0.15) is 5.75 Å². The number of aliphatic hydroxyl groups is 1. The van der Waals surface area contributed by atoms with Crippen LogP contribution in [0.4, 0.5) is 0 Å². The lowest BCUT2D eigenvalue weighted by atomic mass is 10.1. The molecule has 0 aromatic heterocycles. The monoisotopic (exact) mass is 301 g/mol. The molecule has 20 heavy (non-hydrogen) atoms. The third-order valence-corrected chi connectivity index (χ3v) is 3.26. The van der Waals surface area contributed by atoms with E-state index in [1.165, 1.54) is 25.7 Å². The molecule has 0 bridgehead atoms. The summed E-state index contributed by atoms with van der Waals surface area (Å²) in [6.07, 6.45) is 6.85. The Labute approximate surface area is 128 Å². The molecule has 0 fully saturated rings. The molecule has 0 radical (unpaired) electrons. The van der Waals surface area contributed by atoms with E-state index in [0.29, 0.717) is 6.42 Å². The zero-order valence-electron chi connectivity index (χ0n) is 12.4. The Hall–Kier alpha value is -0.770. The Morgan fingerprint density at radius 3 is 2.35 bits per heavy atom. The van der Waals surface area contributed by atoms with Crippen LogP contribution in [0.1, 0.15) is 57.1 Å². The van der Waals surface area contributed by atoms with E-state index in [9.17, 15) is 0 Å². The lowest BCUT2D eigenvalue weighted by molar-refractivity contribution is 0.276. The second-order valence-corrected chi connectivity index (χ2v) is 4.95. The molecule has 1 aromatic rings. The van der Waals surface area contributed by atoms with Gasteiger partial charge >= 0.3 is 0 Å². The quantitative estimate of drug-likeness (QED) is 0.646. The highest BCUT2D eigenvalue weighted by atomic mass is 35.5. The molecule has 1 aromatic carbocycles. The zero-order chi connectivity index (χ0) is 13.9. The summed E-state index contributed by atoms with van der Waals surface area (Å²) in [4.78, 5) is 0. The minimum Gasteiger partial charge on any atom is -0.494 e. The summed E-state index contributed by atoms with van der Waals surface area (Å²) in [5.74, 6) is 0.899. The molecular formula is C16H28ClNO2. The van der Waals surface area contributed by atoms with Crippen LogP contribution in [0.2, 0.25) is 0 Å². The van der Waals surface area contributed by atoms with E-state index in [0.717, 1.165) is 24.3 Å². The molecule has 4 heteroatoms. The number of halogens is 1. The Morgan fingerprint density at radius 1 is 1.10 bits per heavy atom. The molecule has 0 aliphatic heterocycles.